The van der Waals surface area contributed by atoms with Crippen LogP contribution in [0.3, 0.4) is 0 Å². The van der Waals surface area contributed by atoms with Crippen molar-refractivity contribution in [2.24, 2.45) is 0 Å². The van der Waals surface area contributed by atoms with Crippen LogP contribution in [0.5, 0.6) is 0 Å². The molecular formula is C14H20ClN3S. The van der Waals surface area contributed by atoms with Crippen LogP contribution in [0.1, 0.15) is 39.5 Å². The molecule has 0 bridgehead atoms. The predicted molar refractivity (Wildman–Crippen MR) is 84.5 cm³/mol. The number of unbranched alkanes of at least 4 members (excludes halogenated alkanes) is 2. The summed E-state index contributed by atoms with van der Waals surface area (Å²) in [6, 6.07) is 2.09. The zero-order valence-corrected chi connectivity index (χ0v) is 13.1. The number of aromatic nitrogens is 2. The van der Waals surface area contributed by atoms with Crippen molar-refractivity contribution in [2.75, 3.05) is 18.0 Å². The minimum Gasteiger partial charge on any atom is -0.356 e. The van der Waals surface area contributed by atoms with E-state index in [0.29, 0.717) is 5.28 Å². The van der Waals surface area contributed by atoms with E-state index in [4.69, 9.17) is 11.6 Å². The van der Waals surface area contributed by atoms with Gasteiger partial charge in [-0.15, -0.1) is 11.3 Å². The molecule has 0 aromatic carbocycles. The first-order valence-electron chi connectivity index (χ1n) is 6.92. The van der Waals surface area contributed by atoms with E-state index in [1.54, 1.807) is 11.3 Å². The summed E-state index contributed by atoms with van der Waals surface area (Å²) in [7, 11) is 0. The van der Waals surface area contributed by atoms with Gasteiger partial charge in [-0.25, -0.2) is 4.98 Å². The Kier molecular flexibility index (Phi) is 5.40. The third-order valence-corrected chi connectivity index (χ3v) is 4.12. The van der Waals surface area contributed by atoms with Gasteiger partial charge in [0, 0.05) is 13.1 Å². The Labute approximate surface area is 123 Å². The Morgan fingerprint density at radius 2 is 1.84 bits per heavy atom. The van der Waals surface area contributed by atoms with Crippen LogP contribution in [0.2, 0.25) is 5.28 Å². The number of hydrogen-bond acceptors (Lipinski definition) is 4. The number of hydrogen-bond donors (Lipinski definition) is 0. The topological polar surface area (TPSA) is 29.0 Å². The molecular weight excluding hydrogens is 278 g/mol. The lowest BCUT2D eigenvalue weighted by atomic mass is 10.2. The second-order valence-corrected chi connectivity index (χ2v) is 5.88. The molecule has 0 aliphatic heterocycles. The summed E-state index contributed by atoms with van der Waals surface area (Å²) in [6.07, 6.45) is 4.73. The minimum atomic E-state index is 0.350. The van der Waals surface area contributed by atoms with Gasteiger partial charge in [0.2, 0.25) is 5.28 Å². The lowest BCUT2D eigenvalue weighted by Crippen LogP contribution is -2.26. The lowest BCUT2D eigenvalue weighted by molar-refractivity contribution is 0.673. The van der Waals surface area contributed by atoms with Crippen molar-refractivity contribution in [1.29, 1.82) is 0 Å². The molecule has 0 amide bonds. The molecule has 19 heavy (non-hydrogen) atoms. The van der Waals surface area contributed by atoms with Crippen molar-refractivity contribution < 1.29 is 0 Å². The van der Waals surface area contributed by atoms with Crippen molar-refractivity contribution in [3.05, 3.63) is 16.7 Å². The largest absolute Gasteiger partial charge is 0.356 e. The number of rotatable bonds is 7. The molecule has 0 atom stereocenters. The van der Waals surface area contributed by atoms with Crippen molar-refractivity contribution in [3.63, 3.8) is 0 Å². The average molecular weight is 298 g/mol. The van der Waals surface area contributed by atoms with E-state index in [-0.39, 0.29) is 0 Å². The van der Waals surface area contributed by atoms with Gasteiger partial charge in [0.05, 0.1) is 5.39 Å². The van der Waals surface area contributed by atoms with Gasteiger partial charge < -0.3 is 4.90 Å². The maximum Gasteiger partial charge on any atom is 0.225 e. The van der Waals surface area contributed by atoms with Gasteiger partial charge in [-0.1, -0.05) is 26.7 Å². The molecule has 3 nitrogen and oxygen atoms in total. The molecule has 2 heterocycles. The highest BCUT2D eigenvalue weighted by atomic mass is 35.5. The molecule has 0 saturated carbocycles. The van der Waals surface area contributed by atoms with Gasteiger partial charge in [-0.2, -0.15) is 4.98 Å². The molecule has 0 spiro atoms. The van der Waals surface area contributed by atoms with Crippen LogP contribution in [0.15, 0.2) is 11.4 Å². The first-order valence-corrected chi connectivity index (χ1v) is 8.17. The number of halogens is 1. The summed E-state index contributed by atoms with van der Waals surface area (Å²) in [5.41, 5.74) is 0. The van der Waals surface area contributed by atoms with Gasteiger partial charge in [0.25, 0.3) is 0 Å². The standard InChI is InChI=1S/C14H20ClN3S/c1-3-5-8-18(9-6-4-2)12-11-7-10-19-13(11)17-14(15)16-12/h7,10H,3-6,8-9H2,1-2H3. The number of nitrogens with zero attached hydrogens (tertiary/aromatic N) is 3. The average Bonchev–Trinajstić information content (AvgIpc) is 2.86. The Morgan fingerprint density at radius 1 is 1.16 bits per heavy atom. The van der Waals surface area contributed by atoms with E-state index in [1.807, 2.05) is 0 Å². The van der Waals surface area contributed by atoms with Crippen LogP contribution in [0.25, 0.3) is 10.2 Å². The molecule has 0 unspecified atom stereocenters. The van der Waals surface area contributed by atoms with Gasteiger partial charge in [-0.05, 0) is 35.9 Å². The molecule has 2 aromatic rings. The number of anilines is 1. The summed E-state index contributed by atoms with van der Waals surface area (Å²) in [6.45, 7) is 6.50. The van der Waals surface area contributed by atoms with E-state index in [9.17, 15) is 0 Å². The van der Waals surface area contributed by atoms with Crippen LogP contribution in [-0.2, 0) is 0 Å². The van der Waals surface area contributed by atoms with Crippen LogP contribution in [0, 0.1) is 0 Å². The lowest BCUT2D eigenvalue weighted by Gasteiger charge is -2.24. The maximum atomic E-state index is 6.05. The van der Waals surface area contributed by atoms with E-state index in [1.165, 1.54) is 25.7 Å². The normalized spacial score (nSPS) is 11.1. The highest BCUT2D eigenvalue weighted by molar-refractivity contribution is 7.16. The summed E-state index contributed by atoms with van der Waals surface area (Å²) in [5.74, 6) is 0.998. The van der Waals surface area contributed by atoms with Gasteiger partial charge in [-0.3, -0.25) is 0 Å². The SMILES string of the molecule is CCCCN(CCCC)c1nc(Cl)nc2sccc12. The number of fused-ring (bicyclic) bond motifs is 1. The fourth-order valence-electron chi connectivity index (χ4n) is 2.08. The molecule has 0 fully saturated rings. The molecule has 2 aromatic heterocycles. The van der Waals surface area contributed by atoms with Gasteiger partial charge in [0.1, 0.15) is 10.6 Å². The fourth-order valence-corrected chi connectivity index (χ4v) is 3.05. The van der Waals surface area contributed by atoms with Crippen molar-refractivity contribution >= 4 is 39.0 Å². The van der Waals surface area contributed by atoms with Crippen molar-refractivity contribution in [3.8, 4) is 0 Å². The summed E-state index contributed by atoms with van der Waals surface area (Å²) >= 11 is 7.67. The number of thiophene rings is 1. The van der Waals surface area contributed by atoms with E-state index < -0.39 is 0 Å². The van der Waals surface area contributed by atoms with Crippen molar-refractivity contribution in [1.82, 2.24) is 9.97 Å². The molecule has 5 heteroatoms. The zero-order chi connectivity index (χ0) is 13.7. The van der Waals surface area contributed by atoms with Gasteiger partial charge >= 0.3 is 0 Å². The monoisotopic (exact) mass is 297 g/mol. The molecule has 0 saturated heterocycles. The van der Waals surface area contributed by atoms with E-state index >= 15 is 0 Å². The third kappa shape index (κ3) is 3.57. The van der Waals surface area contributed by atoms with E-state index in [0.717, 1.165) is 29.1 Å². The zero-order valence-electron chi connectivity index (χ0n) is 11.5. The quantitative estimate of drug-likeness (QED) is 0.691. The molecule has 2 rings (SSSR count). The second-order valence-electron chi connectivity index (χ2n) is 4.65. The molecule has 0 radical (unpaired) electrons. The van der Waals surface area contributed by atoms with Crippen LogP contribution >= 0.6 is 22.9 Å². The van der Waals surface area contributed by atoms with Crippen LogP contribution in [0.4, 0.5) is 5.82 Å². The summed E-state index contributed by atoms with van der Waals surface area (Å²) in [5, 5.41) is 3.53. The van der Waals surface area contributed by atoms with Crippen molar-refractivity contribution in [2.45, 2.75) is 39.5 Å². The Bertz CT molecular complexity index is 518. The van der Waals surface area contributed by atoms with E-state index in [2.05, 4.69) is 40.2 Å². The Hall–Kier alpha value is -0.870. The van der Waals surface area contributed by atoms with Gasteiger partial charge in [0.15, 0.2) is 0 Å². The maximum absolute atomic E-state index is 6.05. The summed E-state index contributed by atoms with van der Waals surface area (Å²) in [4.78, 5) is 12.1. The molecule has 104 valence electrons. The third-order valence-electron chi connectivity index (χ3n) is 3.14. The molecule has 0 aliphatic rings. The smallest absolute Gasteiger partial charge is 0.225 e. The highest BCUT2D eigenvalue weighted by Crippen LogP contribution is 2.29. The Balaban J connectivity index is 2.33. The second kappa shape index (κ2) is 7.06. The van der Waals surface area contributed by atoms with Crippen LogP contribution in [-0.4, -0.2) is 23.1 Å². The highest BCUT2D eigenvalue weighted by Gasteiger charge is 2.14. The first kappa shape index (κ1) is 14.5. The predicted octanol–water partition coefficient (Wildman–Crippen LogP) is 4.75. The summed E-state index contributed by atoms with van der Waals surface area (Å²) < 4.78 is 0. The van der Waals surface area contributed by atoms with Crippen LogP contribution < -0.4 is 4.90 Å². The fraction of sp³-hybridized carbons (Fsp3) is 0.571. The Morgan fingerprint density at radius 3 is 2.47 bits per heavy atom. The molecule has 0 aliphatic carbocycles. The molecule has 0 N–H and O–H groups in total. The first-order chi connectivity index (χ1) is 9.26. The minimum absolute atomic E-state index is 0.350.